The summed E-state index contributed by atoms with van der Waals surface area (Å²) in [5.41, 5.74) is 2.49. The first-order valence-electron chi connectivity index (χ1n) is 15.3. The van der Waals surface area contributed by atoms with E-state index in [-0.39, 0.29) is 43.6 Å². The van der Waals surface area contributed by atoms with Crippen LogP contribution in [0.2, 0.25) is 0 Å². The summed E-state index contributed by atoms with van der Waals surface area (Å²) in [5.74, 6) is -0.778. The smallest absolute Gasteiger partial charge is 0.524 e. The SMILES string of the molecule is C[C@H]1C2N(C(=O)CN(C)N2C(=O)NCc2ccccc2)[C@@H](Cc2ccc(OP(=O)(O)O)cc2)C(=O)N1Cc1cccc2ccc[n+]([O-])c12. The molecule has 3 heterocycles. The number of hydrogen-bond acceptors (Lipinski definition) is 7. The van der Waals surface area contributed by atoms with Crippen LogP contribution in [-0.4, -0.2) is 79.3 Å². The lowest BCUT2D eigenvalue weighted by Crippen LogP contribution is -2.78. The van der Waals surface area contributed by atoms with Crippen molar-refractivity contribution >= 4 is 36.6 Å². The van der Waals surface area contributed by atoms with Crippen LogP contribution >= 0.6 is 7.82 Å². The molecule has 2 saturated heterocycles. The summed E-state index contributed by atoms with van der Waals surface area (Å²) >= 11 is 0. The number of para-hydroxylation sites is 1. The van der Waals surface area contributed by atoms with Crippen LogP contribution in [0.5, 0.6) is 5.75 Å². The number of benzene rings is 3. The maximum atomic E-state index is 14.5. The van der Waals surface area contributed by atoms with Gasteiger partial charge in [0, 0.05) is 37.0 Å². The Hall–Kier alpha value is -5.01. The van der Waals surface area contributed by atoms with E-state index in [2.05, 4.69) is 9.84 Å². The molecule has 250 valence electrons. The number of carbonyl (C=O) groups excluding carboxylic acids is 3. The fraction of sp³-hybridized carbons (Fsp3) is 0.273. The Morgan fingerprint density at radius 1 is 1.00 bits per heavy atom. The van der Waals surface area contributed by atoms with Crippen molar-refractivity contribution in [1.82, 2.24) is 25.1 Å². The van der Waals surface area contributed by atoms with Crippen molar-refractivity contribution in [3.8, 4) is 5.75 Å². The number of amides is 4. The van der Waals surface area contributed by atoms with E-state index in [0.29, 0.717) is 22.0 Å². The molecule has 0 saturated carbocycles. The van der Waals surface area contributed by atoms with Gasteiger partial charge in [0.25, 0.3) is 0 Å². The van der Waals surface area contributed by atoms with E-state index in [1.54, 1.807) is 48.1 Å². The monoisotopic (exact) mass is 674 g/mol. The first-order valence-corrected chi connectivity index (χ1v) is 16.8. The zero-order valence-electron chi connectivity index (χ0n) is 26.2. The van der Waals surface area contributed by atoms with Gasteiger partial charge in [-0.2, -0.15) is 4.73 Å². The van der Waals surface area contributed by atoms with Gasteiger partial charge in [-0.1, -0.05) is 54.6 Å². The number of nitrogens with one attached hydrogen (secondary N) is 1. The summed E-state index contributed by atoms with van der Waals surface area (Å²) in [6, 6.07) is 21.9. The number of aromatic nitrogens is 1. The minimum absolute atomic E-state index is 0.0386. The van der Waals surface area contributed by atoms with Crippen LogP contribution in [0, 0.1) is 5.21 Å². The van der Waals surface area contributed by atoms with E-state index in [4.69, 9.17) is 0 Å². The molecule has 1 unspecified atom stereocenters. The lowest BCUT2D eigenvalue weighted by atomic mass is 9.94. The largest absolute Gasteiger partial charge is 0.618 e. The number of phosphoric ester groups is 1. The maximum absolute atomic E-state index is 14.5. The number of urea groups is 1. The van der Waals surface area contributed by atoms with Crippen molar-refractivity contribution < 1.29 is 38.0 Å². The van der Waals surface area contributed by atoms with Crippen molar-refractivity contribution in [2.24, 2.45) is 0 Å². The zero-order valence-corrected chi connectivity index (χ0v) is 27.1. The fourth-order valence-electron chi connectivity index (χ4n) is 6.50. The number of nitrogens with zero attached hydrogens (tertiary/aromatic N) is 5. The van der Waals surface area contributed by atoms with Gasteiger partial charge in [-0.25, -0.2) is 19.4 Å². The standard InChI is InChI=1S/C33H35N6O8P/c1-22-31-38(29(40)21-35(2)39(31)33(42)34-19-24-8-4-3-5-9-24)28(18-23-13-15-27(16-14-23)47-48(44,45)46)32(41)36(22)20-26-11-6-10-25-12-7-17-37(43)30(25)26/h3-17,22,28,31H,18-21H2,1-2H3,(H,34,42)(H2,44,45,46)/t22-,28-,31?/m0/s1. The third-order valence-electron chi connectivity index (χ3n) is 8.66. The second-order valence-corrected chi connectivity index (χ2v) is 13.0. The number of carbonyl (C=O) groups is 3. The highest BCUT2D eigenvalue weighted by molar-refractivity contribution is 7.46. The van der Waals surface area contributed by atoms with Gasteiger partial charge < -0.3 is 24.8 Å². The molecular weight excluding hydrogens is 639 g/mol. The number of piperazine rings is 1. The number of hydrogen-bond donors (Lipinski definition) is 3. The third-order valence-corrected chi connectivity index (χ3v) is 9.11. The molecule has 6 rings (SSSR count). The van der Waals surface area contributed by atoms with Crippen LogP contribution in [0.1, 0.15) is 23.6 Å². The quantitative estimate of drug-likeness (QED) is 0.144. The summed E-state index contributed by atoms with van der Waals surface area (Å²) in [4.78, 5) is 63.6. The summed E-state index contributed by atoms with van der Waals surface area (Å²) < 4.78 is 16.7. The molecule has 2 aliphatic rings. The van der Waals surface area contributed by atoms with Gasteiger partial charge in [-0.05, 0) is 42.3 Å². The predicted molar refractivity (Wildman–Crippen MR) is 173 cm³/mol. The van der Waals surface area contributed by atoms with Crippen LogP contribution in [-0.2, 0) is 33.7 Å². The van der Waals surface area contributed by atoms with Crippen molar-refractivity contribution in [2.45, 2.75) is 44.7 Å². The fourth-order valence-corrected chi connectivity index (χ4v) is 6.89. The number of likely N-dealkylation sites (N-methyl/N-ethyl adjacent to an activating group) is 1. The van der Waals surface area contributed by atoms with E-state index in [1.807, 2.05) is 48.5 Å². The van der Waals surface area contributed by atoms with E-state index < -0.39 is 32.1 Å². The maximum Gasteiger partial charge on any atom is 0.524 e. The molecular formula is C33H35N6O8P. The Morgan fingerprint density at radius 3 is 2.42 bits per heavy atom. The highest BCUT2D eigenvalue weighted by Gasteiger charge is 2.54. The van der Waals surface area contributed by atoms with Gasteiger partial charge >= 0.3 is 13.9 Å². The average molecular weight is 675 g/mol. The van der Waals surface area contributed by atoms with Gasteiger partial charge in [0.2, 0.25) is 17.3 Å². The van der Waals surface area contributed by atoms with Gasteiger partial charge in [0.15, 0.2) is 6.20 Å². The Kier molecular flexibility index (Phi) is 9.08. The summed E-state index contributed by atoms with van der Waals surface area (Å²) in [5, 5.41) is 19.6. The van der Waals surface area contributed by atoms with Crippen LogP contribution in [0.25, 0.3) is 10.9 Å². The minimum Gasteiger partial charge on any atom is -0.618 e. The zero-order chi connectivity index (χ0) is 34.2. The molecule has 3 aromatic carbocycles. The van der Waals surface area contributed by atoms with Crippen molar-refractivity contribution in [1.29, 1.82) is 0 Å². The second-order valence-electron chi connectivity index (χ2n) is 11.9. The van der Waals surface area contributed by atoms with Gasteiger partial charge in [-0.15, -0.1) is 0 Å². The topological polar surface area (TPSA) is 170 Å². The summed E-state index contributed by atoms with van der Waals surface area (Å²) in [6.45, 7) is 1.91. The molecule has 2 fully saturated rings. The molecule has 0 spiro atoms. The highest BCUT2D eigenvalue weighted by Crippen LogP contribution is 2.38. The Balaban J connectivity index is 1.37. The first-order chi connectivity index (χ1) is 22.9. The van der Waals surface area contributed by atoms with Gasteiger partial charge in [-0.3, -0.25) is 19.4 Å². The van der Waals surface area contributed by atoms with Crippen LogP contribution in [0.15, 0.2) is 91.1 Å². The highest BCUT2D eigenvalue weighted by atomic mass is 31.2. The number of pyridine rings is 1. The molecule has 0 radical (unpaired) electrons. The average Bonchev–Trinajstić information content (AvgIpc) is 3.04. The number of rotatable bonds is 8. The molecule has 0 aliphatic carbocycles. The van der Waals surface area contributed by atoms with E-state index in [9.17, 15) is 33.9 Å². The molecule has 0 bridgehead atoms. The first kappa shape index (κ1) is 32.9. The Labute approximate surface area is 276 Å². The lowest BCUT2D eigenvalue weighted by molar-refractivity contribution is -0.577. The van der Waals surface area contributed by atoms with Crippen LogP contribution in [0.3, 0.4) is 0 Å². The molecule has 1 aromatic heterocycles. The van der Waals surface area contributed by atoms with E-state index in [0.717, 1.165) is 10.3 Å². The molecule has 14 nitrogen and oxygen atoms in total. The Morgan fingerprint density at radius 2 is 1.71 bits per heavy atom. The second kappa shape index (κ2) is 13.2. The van der Waals surface area contributed by atoms with E-state index >= 15 is 0 Å². The molecule has 4 amide bonds. The molecule has 3 N–H and O–H groups in total. The summed E-state index contributed by atoms with van der Waals surface area (Å²) in [7, 11) is -3.14. The van der Waals surface area contributed by atoms with E-state index in [1.165, 1.54) is 28.2 Å². The molecule has 48 heavy (non-hydrogen) atoms. The molecule has 3 atom stereocenters. The Bertz CT molecular complexity index is 1880. The van der Waals surface area contributed by atoms with Gasteiger partial charge in [0.05, 0.1) is 19.1 Å². The van der Waals surface area contributed by atoms with Gasteiger partial charge in [0.1, 0.15) is 18.0 Å². The minimum atomic E-state index is -4.78. The van der Waals surface area contributed by atoms with Crippen molar-refractivity contribution in [3.63, 3.8) is 0 Å². The molecule has 2 aliphatic heterocycles. The van der Waals surface area contributed by atoms with Crippen molar-refractivity contribution in [2.75, 3.05) is 13.6 Å². The molecule has 4 aromatic rings. The number of phosphoric acid groups is 1. The summed E-state index contributed by atoms with van der Waals surface area (Å²) in [6.07, 6.45) is 0.535. The number of hydrazine groups is 1. The van der Waals surface area contributed by atoms with Crippen LogP contribution in [0.4, 0.5) is 4.79 Å². The van der Waals surface area contributed by atoms with Crippen LogP contribution < -0.4 is 14.6 Å². The van der Waals surface area contributed by atoms with Crippen molar-refractivity contribution in [3.05, 3.63) is 113 Å². The lowest BCUT2D eigenvalue weighted by Gasteiger charge is -2.57. The molecule has 15 heteroatoms. The number of fused-ring (bicyclic) bond motifs is 2. The third kappa shape index (κ3) is 6.69. The normalized spacial score (nSPS) is 20.2. The predicted octanol–water partition coefficient (Wildman–Crippen LogP) is 2.51.